The van der Waals surface area contributed by atoms with Crippen molar-refractivity contribution >= 4 is 34.5 Å². The summed E-state index contributed by atoms with van der Waals surface area (Å²) in [6.07, 6.45) is 0. The number of hydrogen-bond acceptors (Lipinski definition) is 3. The Morgan fingerprint density at radius 2 is 1.62 bits per heavy atom. The summed E-state index contributed by atoms with van der Waals surface area (Å²) < 4.78 is 0. The smallest absolute Gasteiger partial charge is 0.322 e. The van der Waals surface area contributed by atoms with Gasteiger partial charge in [-0.3, -0.25) is 9.59 Å². The third-order valence-corrected chi connectivity index (χ3v) is 4.75. The number of fused-ring (bicyclic) bond motifs is 1. The number of halogens is 1. The average molecular weight is 406 g/mol. The Kier molecular flexibility index (Phi) is 5.01. The topological polar surface area (TPSA) is 95.1 Å². The molecule has 0 aliphatic heterocycles. The van der Waals surface area contributed by atoms with Gasteiger partial charge in [0, 0.05) is 5.56 Å². The SMILES string of the molecule is O=C(O)CNC(=O)c1cc2nc(-c3ccc(-c4ccccc4)cc3)c(Cl)cc2[nH]1. The molecule has 144 valence electrons. The Bertz CT molecular complexity index is 1200. The first kappa shape index (κ1) is 18.7. The maximum absolute atomic E-state index is 12.1. The Labute approximate surface area is 171 Å². The molecule has 0 saturated heterocycles. The molecule has 6 nitrogen and oxygen atoms in total. The lowest BCUT2D eigenvalue weighted by atomic mass is 10.0. The number of rotatable bonds is 5. The summed E-state index contributed by atoms with van der Waals surface area (Å²) in [5.41, 5.74) is 5.06. The van der Waals surface area contributed by atoms with E-state index >= 15 is 0 Å². The standard InChI is InChI=1S/C22H16ClN3O3/c23-16-10-17-18(11-19(25-17)22(29)24-12-20(27)28)26-21(16)15-8-6-14(7-9-15)13-4-2-1-3-5-13/h1-11,25H,12H2,(H,24,29)(H,27,28). The van der Waals surface area contributed by atoms with Crippen LogP contribution in [0.1, 0.15) is 10.5 Å². The monoisotopic (exact) mass is 405 g/mol. The molecule has 4 aromatic rings. The summed E-state index contributed by atoms with van der Waals surface area (Å²) in [5, 5.41) is 11.4. The number of aliphatic carboxylic acids is 1. The number of amides is 1. The molecule has 2 aromatic carbocycles. The van der Waals surface area contributed by atoms with Gasteiger partial charge in [-0.15, -0.1) is 0 Å². The zero-order valence-electron chi connectivity index (χ0n) is 15.1. The maximum atomic E-state index is 12.1. The zero-order valence-corrected chi connectivity index (χ0v) is 15.9. The highest BCUT2D eigenvalue weighted by Gasteiger charge is 2.14. The van der Waals surface area contributed by atoms with Crippen LogP contribution in [-0.4, -0.2) is 33.5 Å². The van der Waals surface area contributed by atoms with Gasteiger partial charge in [0.05, 0.1) is 21.7 Å². The normalized spacial score (nSPS) is 10.8. The minimum atomic E-state index is -1.11. The van der Waals surface area contributed by atoms with Crippen molar-refractivity contribution in [2.45, 2.75) is 0 Å². The number of aromatic amines is 1. The second-order valence-electron chi connectivity index (χ2n) is 6.45. The Morgan fingerprint density at radius 1 is 0.966 bits per heavy atom. The van der Waals surface area contributed by atoms with Crippen LogP contribution in [0, 0.1) is 0 Å². The van der Waals surface area contributed by atoms with E-state index in [1.165, 1.54) is 0 Å². The lowest BCUT2D eigenvalue weighted by Crippen LogP contribution is -2.29. The maximum Gasteiger partial charge on any atom is 0.322 e. The average Bonchev–Trinajstić information content (AvgIpc) is 3.15. The van der Waals surface area contributed by atoms with Gasteiger partial charge >= 0.3 is 5.97 Å². The van der Waals surface area contributed by atoms with Gasteiger partial charge in [0.2, 0.25) is 0 Å². The molecule has 0 atom stereocenters. The number of carbonyl (C=O) groups is 2. The number of carbonyl (C=O) groups excluding carboxylic acids is 1. The molecule has 0 unspecified atom stereocenters. The van der Waals surface area contributed by atoms with Crippen LogP contribution in [0.5, 0.6) is 0 Å². The highest BCUT2D eigenvalue weighted by Crippen LogP contribution is 2.31. The molecule has 0 aliphatic rings. The molecule has 4 rings (SSSR count). The highest BCUT2D eigenvalue weighted by molar-refractivity contribution is 6.33. The number of hydrogen-bond donors (Lipinski definition) is 3. The molecule has 3 N–H and O–H groups in total. The van der Waals surface area contributed by atoms with E-state index < -0.39 is 18.4 Å². The molecule has 0 radical (unpaired) electrons. The number of nitrogens with one attached hydrogen (secondary N) is 2. The van der Waals surface area contributed by atoms with Crippen LogP contribution in [0.4, 0.5) is 0 Å². The lowest BCUT2D eigenvalue weighted by Gasteiger charge is -2.06. The van der Waals surface area contributed by atoms with Gasteiger partial charge in [0.25, 0.3) is 5.91 Å². The van der Waals surface area contributed by atoms with E-state index in [-0.39, 0.29) is 5.69 Å². The number of aromatic nitrogens is 2. The van der Waals surface area contributed by atoms with Crippen LogP contribution in [0.3, 0.4) is 0 Å². The summed E-state index contributed by atoms with van der Waals surface area (Å²) in [5.74, 6) is -1.63. The fourth-order valence-corrected chi connectivity index (χ4v) is 3.32. The summed E-state index contributed by atoms with van der Waals surface area (Å²) in [6, 6.07) is 21.3. The van der Waals surface area contributed by atoms with Crippen LogP contribution < -0.4 is 5.32 Å². The van der Waals surface area contributed by atoms with Gasteiger partial charge in [-0.25, -0.2) is 4.98 Å². The summed E-state index contributed by atoms with van der Waals surface area (Å²) in [6.45, 7) is -0.457. The van der Waals surface area contributed by atoms with E-state index in [0.717, 1.165) is 16.7 Å². The third-order valence-electron chi connectivity index (χ3n) is 4.47. The Morgan fingerprint density at radius 3 is 2.31 bits per heavy atom. The van der Waals surface area contributed by atoms with Crippen molar-refractivity contribution in [1.82, 2.24) is 15.3 Å². The minimum absolute atomic E-state index is 0.224. The van der Waals surface area contributed by atoms with Gasteiger partial charge in [0.15, 0.2) is 0 Å². The molecule has 0 aliphatic carbocycles. The predicted molar refractivity (Wildman–Crippen MR) is 112 cm³/mol. The van der Waals surface area contributed by atoms with Crippen LogP contribution in [-0.2, 0) is 4.79 Å². The van der Waals surface area contributed by atoms with Crippen molar-refractivity contribution < 1.29 is 14.7 Å². The molecule has 2 aromatic heterocycles. The summed E-state index contributed by atoms with van der Waals surface area (Å²) in [4.78, 5) is 30.2. The fourth-order valence-electron chi connectivity index (χ4n) is 3.06. The number of carboxylic acid groups (broad SMARTS) is 1. The molecule has 0 bridgehead atoms. The van der Waals surface area contributed by atoms with Crippen molar-refractivity contribution in [3.05, 3.63) is 77.4 Å². The quantitative estimate of drug-likeness (QED) is 0.459. The zero-order chi connectivity index (χ0) is 20.4. The molecule has 29 heavy (non-hydrogen) atoms. The summed E-state index contributed by atoms with van der Waals surface area (Å²) >= 11 is 6.43. The van der Waals surface area contributed by atoms with Crippen LogP contribution in [0.2, 0.25) is 5.02 Å². The van der Waals surface area contributed by atoms with Crippen molar-refractivity contribution in [2.24, 2.45) is 0 Å². The molecular weight excluding hydrogens is 390 g/mol. The highest BCUT2D eigenvalue weighted by atomic mass is 35.5. The molecule has 0 spiro atoms. The molecule has 1 amide bonds. The van der Waals surface area contributed by atoms with E-state index in [2.05, 4.69) is 15.3 Å². The molecule has 2 heterocycles. The van der Waals surface area contributed by atoms with Gasteiger partial charge < -0.3 is 15.4 Å². The minimum Gasteiger partial charge on any atom is -0.480 e. The van der Waals surface area contributed by atoms with Gasteiger partial charge in [0.1, 0.15) is 12.2 Å². The number of carboxylic acids is 1. The van der Waals surface area contributed by atoms with Crippen LogP contribution in [0.15, 0.2) is 66.7 Å². The Hall–Kier alpha value is -3.64. The van der Waals surface area contributed by atoms with E-state index in [1.807, 2.05) is 54.6 Å². The molecule has 7 heteroatoms. The largest absolute Gasteiger partial charge is 0.480 e. The Balaban J connectivity index is 1.65. The second-order valence-corrected chi connectivity index (χ2v) is 6.86. The number of H-pyrrole nitrogens is 1. The van der Waals surface area contributed by atoms with Crippen molar-refractivity contribution in [1.29, 1.82) is 0 Å². The van der Waals surface area contributed by atoms with E-state index in [4.69, 9.17) is 16.7 Å². The third kappa shape index (κ3) is 3.97. The van der Waals surface area contributed by atoms with E-state index in [9.17, 15) is 9.59 Å². The van der Waals surface area contributed by atoms with Crippen molar-refractivity contribution in [2.75, 3.05) is 6.54 Å². The molecule has 0 fully saturated rings. The van der Waals surface area contributed by atoms with Gasteiger partial charge in [-0.05, 0) is 23.3 Å². The van der Waals surface area contributed by atoms with Crippen LogP contribution in [0.25, 0.3) is 33.4 Å². The van der Waals surface area contributed by atoms with Crippen LogP contribution >= 0.6 is 11.6 Å². The first-order valence-corrected chi connectivity index (χ1v) is 9.24. The summed E-state index contributed by atoms with van der Waals surface area (Å²) in [7, 11) is 0. The second kappa shape index (κ2) is 7.77. The number of pyridine rings is 1. The first-order chi connectivity index (χ1) is 14.0. The number of benzene rings is 2. The number of nitrogens with zero attached hydrogens (tertiary/aromatic N) is 1. The van der Waals surface area contributed by atoms with E-state index in [1.54, 1.807) is 12.1 Å². The van der Waals surface area contributed by atoms with Crippen molar-refractivity contribution in [3.63, 3.8) is 0 Å². The first-order valence-electron chi connectivity index (χ1n) is 8.86. The molecule has 0 saturated carbocycles. The van der Waals surface area contributed by atoms with Gasteiger partial charge in [-0.2, -0.15) is 0 Å². The lowest BCUT2D eigenvalue weighted by molar-refractivity contribution is -0.135. The fraction of sp³-hybridized carbons (Fsp3) is 0.0455. The van der Waals surface area contributed by atoms with Gasteiger partial charge in [-0.1, -0.05) is 66.2 Å². The molecular formula is C22H16ClN3O3. The predicted octanol–water partition coefficient (Wildman–Crippen LogP) is 4.36. The van der Waals surface area contributed by atoms with E-state index in [0.29, 0.717) is 21.7 Å². The van der Waals surface area contributed by atoms with Crippen molar-refractivity contribution in [3.8, 4) is 22.4 Å².